The third kappa shape index (κ3) is 5.48. The maximum atomic E-state index is 12.9. The number of hydrogen-bond acceptors (Lipinski definition) is 5. The molecule has 35 heavy (non-hydrogen) atoms. The number of carboxylic acid groups (broad SMARTS) is 1. The van der Waals surface area contributed by atoms with Gasteiger partial charge in [0, 0.05) is 19.1 Å². The van der Waals surface area contributed by atoms with Gasteiger partial charge in [-0.25, -0.2) is 9.59 Å². The Kier molecular flexibility index (Phi) is 7.40. The first-order valence-electron chi connectivity index (χ1n) is 12.0. The maximum absolute atomic E-state index is 12.9. The molecule has 2 aliphatic rings. The van der Waals surface area contributed by atoms with Gasteiger partial charge in [0.25, 0.3) is 0 Å². The summed E-state index contributed by atoms with van der Waals surface area (Å²) < 4.78 is 11.1. The minimum Gasteiger partial charge on any atom is -0.480 e. The van der Waals surface area contributed by atoms with E-state index in [0.717, 1.165) is 22.3 Å². The molecule has 2 amide bonds. The van der Waals surface area contributed by atoms with E-state index in [0.29, 0.717) is 26.1 Å². The lowest BCUT2D eigenvalue weighted by molar-refractivity contribution is -0.143. The molecule has 0 spiro atoms. The van der Waals surface area contributed by atoms with Crippen molar-refractivity contribution in [3.8, 4) is 11.1 Å². The van der Waals surface area contributed by atoms with Crippen molar-refractivity contribution in [2.75, 3.05) is 19.8 Å². The molecule has 0 unspecified atom stereocenters. The Balaban J connectivity index is 1.42. The molecule has 0 bridgehead atoms. The van der Waals surface area contributed by atoms with E-state index in [-0.39, 0.29) is 24.9 Å². The van der Waals surface area contributed by atoms with Gasteiger partial charge >= 0.3 is 12.1 Å². The van der Waals surface area contributed by atoms with Crippen LogP contribution in [-0.2, 0) is 19.1 Å². The van der Waals surface area contributed by atoms with E-state index < -0.39 is 29.6 Å². The van der Waals surface area contributed by atoms with Crippen LogP contribution >= 0.6 is 0 Å². The summed E-state index contributed by atoms with van der Waals surface area (Å²) in [6.07, 6.45) is 0.227. The minimum atomic E-state index is -1.08. The fourth-order valence-corrected chi connectivity index (χ4v) is 5.00. The van der Waals surface area contributed by atoms with Crippen LogP contribution in [0.5, 0.6) is 0 Å². The number of aliphatic carboxylic acids is 1. The predicted octanol–water partition coefficient (Wildman–Crippen LogP) is 3.69. The second-order valence-electron chi connectivity index (χ2n) is 9.65. The average molecular weight is 481 g/mol. The van der Waals surface area contributed by atoms with E-state index in [4.69, 9.17) is 9.47 Å². The van der Waals surface area contributed by atoms with Crippen molar-refractivity contribution in [1.82, 2.24) is 10.6 Å². The summed E-state index contributed by atoms with van der Waals surface area (Å²) in [5, 5.41) is 14.9. The van der Waals surface area contributed by atoms with Gasteiger partial charge in [-0.1, -0.05) is 62.4 Å². The third-order valence-corrected chi connectivity index (χ3v) is 6.91. The van der Waals surface area contributed by atoms with Crippen molar-refractivity contribution < 1.29 is 29.0 Å². The first-order valence-corrected chi connectivity index (χ1v) is 12.0. The Morgan fingerprint density at radius 3 is 2.14 bits per heavy atom. The van der Waals surface area contributed by atoms with E-state index in [1.54, 1.807) is 13.8 Å². The SMILES string of the molecule is CC(C)[C@@H](NC(=O)CC1(NC(=O)OCC2c3ccccc3-c3ccccc32)CCOCC1)C(=O)O. The van der Waals surface area contributed by atoms with Crippen LogP contribution in [0.3, 0.4) is 0 Å². The Morgan fingerprint density at radius 2 is 1.60 bits per heavy atom. The zero-order valence-electron chi connectivity index (χ0n) is 20.1. The molecule has 0 saturated carbocycles. The zero-order valence-corrected chi connectivity index (χ0v) is 20.1. The van der Waals surface area contributed by atoms with Crippen LogP contribution in [0.15, 0.2) is 48.5 Å². The summed E-state index contributed by atoms with van der Waals surface area (Å²) in [6, 6.07) is 15.2. The van der Waals surface area contributed by atoms with Gasteiger partial charge in [0.2, 0.25) is 5.91 Å². The molecule has 2 aromatic rings. The van der Waals surface area contributed by atoms with Gasteiger partial charge < -0.3 is 25.2 Å². The molecule has 8 heteroatoms. The number of benzene rings is 2. The Labute approximate surface area is 205 Å². The summed E-state index contributed by atoms with van der Waals surface area (Å²) in [4.78, 5) is 37.2. The third-order valence-electron chi connectivity index (χ3n) is 6.91. The topological polar surface area (TPSA) is 114 Å². The molecule has 4 rings (SSSR count). The number of fused-ring (bicyclic) bond motifs is 3. The van der Waals surface area contributed by atoms with E-state index in [9.17, 15) is 19.5 Å². The number of nitrogens with one attached hydrogen (secondary N) is 2. The Morgan fingerprint density at radius 1 is 1.03 bits per heavy atom. The molecule has 1 fully saturated rings. The fourth-order valence-electron chi connectivity index (χ4n) is 5.00. The standard InChI is InChI=1S/C27H32N2O6/c1-17(2)24(25(31)32)28-23(30)15-27(11-13-34-14-12-27)29-26(33)35-16-22-20-9-5-3-7-18(20)19-8-4-6-10-21(19)22/h3-10,17,22,24H,11-16H2,1-2H3,(H,28,30)(H,29,33)(H,31,32)/t24-/m1/s1. The van der Waals surface area contributed by atoms with Crippen LogP contribution in [0.1, 0.15) is 50.2 Å². The summed E-state index contributed by atoms with van der Waals surface area (Å²) in [5.74, 6) is -1.84. The van der Waals surface area contributed by atoms with E-state index >= 15 is 0 Å². The van der Waals surface area contributed by atoms with Gasteiger partial charge in [-0.15, -0.1) is 0 Å². The van der Waals surface area contributed by atoms with E-state index in [1.165, 1.54) is 0 Å². The van der Waals surface area contributed by atoms with Gasteiger partial charge in [-0.2, -0.15) is 0 Å². The molecule has 1 aliphatic carbocycles. The fraction of sp³-hybridized carbons (Fsp3) is 0.444. The van der Waals surface area contributed by atoms with Crippen molar-refractivity contribution in [2.24, 2.45) is 5.92 Å². The monoisotopic (exact) mass is 480 g/mol. The van der Waals surface area contributed by atoms with Crippen molar-refractivity contribution in [3.63, 3.8) is 0 Å². The number of carbonyl (C=O) groups excluding carboxylic acids is 2. The smallest absolute Gasteiger partial charge is 0.407 e. The molecule has 186 valence electrons. The first kappa shape index (κ1) is 24.7. The molecule has 1 heterocycles. The Bertz CT molecular complexity index is 1050. The first-order chi connectivity index (χ1) is 16.8. The summed E-state index contributed by atoms with van der Waals surface area (Å²) in [6.45, 7) is 4.43. The summed E-state index contributed by atoms with van der Waals surface area (Å²) >= 11 is 0. The highest BCUT2D eigenvalue weighted by molar-refractivity contribution is 5.85. The van der Waals surface area contributed by atoms with Crippen LogP contribution in [0.25, 0.3) is 11.1 Å². The Hall–Kier alpha value is -3.39. The van der Waals surface area contributed by atoms with Crippen LogP contribution in [0.4, 0.5) is 4.79 Å². The van der Waals surface area contributed by atoms with Crippen molar-refractivity contribution in [1.29, 1.82) is 0 Å². The van der Waals surface area contributed by atoms with Gasteiger partial charge in [0.15, 0.2) is 0 Å². The second kappa shape index (κ2) is 10.5. The summed E-state index contributed by atoms with van der Waals surface area (Å²) in [5.41, 5.74) is 3.68. The zero-order chi connectivity index (χ0) is 25.0. The van der Waals surface area contributed by atoms with Crippen LogP contribution in [0.2, 0.25) is 0 Å². The number of hydrogen-bond donors (Lipinski definition) is 3. The lowest BCUT2D eigenvalue weighted by Gasteiger charge is -2.37. The lowest BCUT2D eigenvalue weighted by atomic mass is 9.86. The molecule has 8 nitrogen and oxygen atoms in total. The van der Waals surface area contributed by atoms with Crippen molar-refractivity contribution in [3.05, 3.63) is 59.7 Å². The van der Waals surface area contributed by atoms with Crippen LogP contribution in [-0.4, -0.2) is 54.5 Å². The lowest BCUT2D eigenvalue weighted by Crippen LogP contribution is -2.56. The average Bonchev–Trinajstić information content (AvgIpc) is 3.15. The van der Waals surface area contributed by atoms with Gasteiger partial charge in [0.05, 0.1) is 12.0 Å². The van der Waals surface area contributed by atoms with Gasteiger partial charge in [0.1, 0.15) is 12.6 Å². The maximum Gasteiger partial charge on any atom is 0.407 e. The molecule has 2 aromatic carbocycles. The molecule has 1 atom stereocenters. The molecule has 0 radical (unpaired) electrons. The molecule has 1 aliphatic heterocycles. The number of carboxylic acids is 1. The number of ether oxygens (including phenoxy) is 2. The van der Waals surface area contributed by atoms with Crippen molar-refractivity contribution >= 4 is 18.0 Å². The van der Waals surface area contributed by atoms with E-state index in [2.05, 4.69) is 34.9 Å². The predicted molar refractivity (Wildman–Crippen MR) is 130 cm³/mol. The van der Waals surface area contributed by atoms with Crippen LogP contribution < -0.4 is 10.6 Å². The second-order valence-corrected chi connectivity index (χ2v) is 9.65. The van der Waals surface area contributed by atoms with Gasteiger partial charge in [-0.3, -0.25) is 4.79 Å². The number of alkyl carbamates (subject to hydrolysis) is 1. The summed E-state index contributed by atoms with van der Waals surface area (Å²) in [7, 11) is 0. The number of carbonyl (C=O) groups is 3. The highest BCUT2D eigenvalue weighted by Crippen LogP contribution is 2.44. The highest BCUT2D eigenvalue weighted by atomic mass is 16.5. The number of rotatable bonds is 8. The molecule has 1 saturated heterocycles. The van der Waals surface area contributed by atoms with E-state index in [1.807, 2.05) is 24.3 Å². The van der Waals surface area contributed by atoms with Crippen molar-refractivity contribution in [2.45, 2.75) is 50.6 Å². The highest BCUT2D eigenvalue weighted by Gasteiger charge is 2.38. The van der Waals surface area contributed by atoms with Gasteiger partial charge in [-0.05, 0) is 41.0 Å². The largest absolute Gasteiger partial charge is 0.480 e. The quantitative estimate of drug-likeness (QED) is 0.531. The molecule has 0 aromatic heterocycles. The molecular formula is C27H32N2O6. The normalized spacial score (nSPS) is 17.2. The molecular weight excluding hydrogens is 448 g/mol. The van der Waals surface area contributed by atoms with Crippen LogP contribution in [0, 0.1) is 5.92 Å². The number of amides is 2. The molecule has 3 N–H and O–H groups in total. The minimum absolute atomic E-state index is 0.0446.